The van der Waals surface area contributed by atoms with Crippen LogP contribution in [0.15, 0.2) is 60.7 Å². The predicted octanol–water partition coefficient (Wildman–Crippen LogP) is 7.20. The summed E-state index contributed by atoms with van der Waals surface area (Å²) in [5.74, 6) is 0. The smallest absolute Gasteiger partial charge is 0.0159 e. The molecule has 1 aliphatic carbocycles. The molecule has 0 amide bonds. The summed E-state index contributed by atoms with van der Waals surface area (Å²) in [5, 5.41) is 2.70. The Hall–Kier alpha value is -2.08. The SMILES string of the molecule is CC.CC.CC1(C)c2ccccc2-c2c1ccc1ccccc21. The minimum Gasteiger partial charge on any atom is -0.0683 e. The third kappa shape index (κ3) is 2.67. The van der Waals surface area contributed by atoms with E-state index in [9.17, 15) is 0 Å². The largest absolute Gasteiger partial charge is 0.0683 e. The summed E-state index contributed by atoms with van der Waals surface area (Å²) in [4.78, 5) is 0. The van der Waals surface area contributed by atoms with Crippen LogP contribution in [-0.4, -0.2) is 0 Å². The Bertz CT molecular complexity index is 794. The molecular weight excluding hydrogens is 276 g/mol. The van der Waals surface area contributed by atoms with Gasteiger partial charge in [0.25, 0.3) is 0 Å². The van der Waals surface area contributed by atoms with Gasteiger partial charge in [0.15, 0.2) is 0 Å². The van der Waals surface area contributed by atoms with E-state index in [0.29, 0.717) is 0 Å². The van der Waals surface area contributed by atoms with Gasteiger partial charge in [0.05, 0.1) is 0 Å². The standard InChI is InChI=1S/C19H16.2C2H6/c1-19(2)16-10-6-5-9-15(16)18-14-8-4-3-7-13(14)11-12-17(18)19;2*1-2/h3-12H,1-2H3;2*1-2H3. The second-order valence-electron chi connectivity index (χ2n) is 5.88. The van der Waals surface area contributed by atoms with E-state index in [1.807, 2.05) is 27.7 Å². The van der Waals surface area contributed by atoms with Gasteiger partial charge in [-0.2, -0.15) is 0 Å². The normalized spacial score (nSPS) is 13.1. The lowest BCUT2D eigenvalue weighted by Gasteiger charge is -2.21. The Morgan fingerprint density at radius 3 is 1.96 bits per heavy atom. The van der Waals surface area contributed by atoms with Gasteiger partial charge >= 0.3 is 0 Å². The van der Waals surface area contributed by atoms with E-state index in [4.69, 9.17) is 0 Å². The Kier molecular flexibility index (Phi) is 5.26. The van der Waals surface area contributed by atoms with Crippen LogP contribution in [0.25, 0.3) is 21.9 Å². The second-order valence-corrected chi connectivity index (χ2v) is 5.88. The minimum atomic E-state index is 0.107. The molecule has 0 heterocycles. The third-order valence-corrected chi connectivity index (χ3v) is 4.47. The quantitative estimate of drug-likeness (QED) is 0.412. The van der Waals surface area contributed by atoms with Crippen molar-refractivity contribution in [3.8, 4) is 11.1 Å². The molecule has 0 nitrogen and oxygen atoms in total. The molecule has 3 aromatic rings. The molecule has 120 valence electrons. The van der Waals surface area contributed by atoms with Crippen LogP contribution in [0, 0.1) is 0 Å². The van der Waals surface area contributed by atoms with Crippen molar-refractivity contribution in [2.24, 2.45) is 0 Å². The van der Waals surface area contributed by atoms with Crippen LogP contribution in [0.4, 0.5) is 0 Å². The van der Waals surface area contributed by atoms with Crippen LogP contribution in [0.2, 0.25) is 0 Å². The highest BCUT2D eigenvalue weighted by molar-refractivity contribution is 6.02. The Balaban J connectivity index is 0.000000448. The van der Waals surface area contributed by atoms with Gasteiger partial charge in [0, 0.05) is 5.41 Å². The maximum Gasteiger partial charge on any atom is 0.0159 e. The fraction of sp³-hybridized carbons (Fsp3) is 0.304. The number of hydrogen-bond donors (Lipinski definition) is 0. The van der Waals surface area contributed by atoms with Crippen LogP contribution in [0.1, 0.15) is 52.7 Å². The van der Waals surface area contributed by atoms with E-state index in [1.165, 1.54) is 33.0 Å². The molecule has 0 saturated carbocycles. The maximum atomic E-state index is 2.33. The lowest BCUT2D eigenvalue weighted by Crippen LogP contribution is -2.14. The molecule has 0 heteroatoms. The summed E-state index contributed by atoms with van der Waals surface area (Å²) in [6.07, 6.45) is 0. The van der Waals surface area contributed by atoms with Gasteiger partial charge in [-0.3, -0.25) is 0 Å². The highest BCUT2D eigenvalue weighted by Crippen LogP contribution is 2.50. The van der Waals surface area contributed by atoms with Crippen LogP contribution in [-0.2, 0) is 5.41 Å². The molecule has 0 atom stereocenters. The Morgan fingerprint density at radius 1 is 0.609 bits per heavy atom. The van der Waals surface area contributed by atoms with Crippen molar-refractivity contribution < 1.29 is 0 Å². The van der Waals surface area contributed by atoms with Crippen LogP contribution in [0.5, 0.6) is 0 Å². The zero-order chi connectivity index (χ0) is 17.0. The van der Waals surface area contributed by atoms with Crippen LogP contribution >= 0.6 is 0 Å². The zero-order valence-electron chi connectivity index (χ0n) is 15.3. The Morgan fingerprint density at radius 2 is 1.22 bits per heavy atom. The maximum absolute atomic E-state index is 2.33. The lowest BCUT2D eigenvalue weighted by atomic mass is 9.82. The highest BCUT2D eigenvalue weighted by Gasteiger charge is 2.35. The fourth-order valence-corrected chi connectivity index (χ4v) is 3.47. The monoisotopic (exact) mass is 304 g/mol. The van der Waals surface area contributed by atoms with Gasteiger partial charge in [0.2, 0.25) is 0 Å². The summed E-state index contributed by atoms with van der Waals surface area (Å²) < 4.78 is 0. The first-order chi connectivity index (χ1) is 11.2. The molecule has 1 aliphatic rings. The molecule has 0 aromatic heterocycles. The molecule has 0 spiro atoms. The summed E-state index contributed by atoms with van der Waals surface area (Å²) >= 11 is 0. The molecule has 0 saturated heterocycles. The third-order valence-electron chi connectivity index (χ3n) is 4.47. The Labute approximate surface area is 141 Å². The molecule has 0 N–H and O–H groups in total. The van der Waals surface area contributed by atoms with Crippen molar-refractivity contribution in [1.82, 2.24) is 0 Å². The predicted molar refractivity (Wildman–Crippen MR) is 104 cm³/mol. The first kappa shape index (κ1) is 17.3. The lowest BCUT2D eigenvalue weighted by molar-refractivity contribution is 0.661. The molecule has 3 aromatic carbocycles. The first-order valence-electron chi connectivity index (χ1n) is 8.82. The van der Waals surface area contributed by atoms with Crippen molar-refractivity contribution in [1.29, 1.82) is 0 Å². The topological polar surface area (TPSA) is 0 Å². The van der Waals surface area contributed by atoms with Gasteiger partial charge in [-0.25, -0.2) is 0 Å². The van der Waals surface area contributed by atoms with Gasteiger partial charge in [-0.15, -0.1) is 0 Å². The molecule has 0 radical (unpaired) electrons. The van der Waals surface area contributed by atoms with Gasteiger partial charge in [0.1, 0.15) is 0 Å². The van der Waals surface area contributed by atoms with Crippen molar-refractivity contribution in [3.05, 3.63) is 71.8 Å². The van der Waals surface area contributed by atoms with Crippen LogP contribution in [0.3, 0.4) is 0 Å². The minimum absolute atomic E-state index is 0.107. The van der Waals surface area contributed by atoms with E-state index in [0.717, 1.165) is 0 Å². The van der Waals surface area contributed by atoms with E-state index in [2.05, 4.69) is 74.5 Å². The summed E-state index contributed by atoms with van der Waals surface area (Å²) in [7, 11) is 0. The molecular formula is C23H28. The van der Waals surface area contributed by atoms with Crippen molar-refractivity contribution in [2.75, 3.05) is 0 Å². The molecule has 23 heavy (non-hydrogen) atoms. The highest BCUT2D eigenvalue weighted by atomic mass is 14.4. The number of benzene rings is 3. The van der Waals surface area contributed by atoms with Gasteiger partial charge in [-0.05, 0) is 33.0 Å². The molecule has 0 fully saturated rings. The number of fused-ring (bicyclic) bond motifs is 5. The van der Waals surface area contributed by atoms with E-state index in [-0.39, 0.29) is 5.41 Å². The zero-order valence-corrected chi connectivity index (χ0v) is 15.3. The molecule has 0 unspecified atom stereocenters. The summed E-state index contributed by atoms with van der Waals surface area (Å²) in [6.45, 7) is 12.7. The van der Waals surface area contributed by atoms with E-state index in [1.54, 1.807) is 0 Å². The van der Waals surface area contributed by atoms with Crippen molar-refractivity contribution >= 4 is 10.8 Å². The average molecular weight is 304 g/mol. The van der Waals surface area contributed by atoms with Gasteiger partial charge < -0.3 is 0 Å². The summed E-state index contributed by atoms with van der Waals surface area (Å²) in [5.41, 5.74) is 5.84. The molecule has 0 bridgehead atoms. The second kappa shape index (κ2) is 7.00. The molecule has 4 rings (SSSR count). The molecule has 0 aliphatic heterocycles. The van der Waals surface area contributed by atoms with Crippen molar-refractivity contribution in [3.63, 3.8) is 0 Å². The van der Waals surface area contributed by atoms with E-state index < -0.39 is 0 Å². The van der Waals surface area contributed by atoms with Crippen molar-refractivity contribution in [2.45, 2.75) is 47.0 Å². The first-order valence-corrected chi connectivity index (χ1v) is 8.82. The van der Waals surface area contributed by atoms with Crippen LogP contribution < -0.4 is 0 Å². The average Bonchev–Trinajstić information content (AvgIpc) is 2.87. The summed E-state index contributed by atoms with van der Waals surface area (Å²) in [6, 6.07) is 22.1. The fourth-order valence-electron chi connectivity index (χ4n) is 3.47. The van der Waals surface area contributed by atoms with Gasteiger partial charge in [-0.1, -0.05) is 102 Å². The van der Waals surface area contributed by atoms with E-state index >= 15 is 0 Å². The number of hydrogen-bond acceptors (Lipinski definition) is 0. The number of rotatable bonds is 0.